The van der Waals surface area contributed by atoms with Crippen molar-refractivity contribution in [2.45, 2.75) is 6.17 Å². The van der Waals surface area contributed by atoms with Crippen LogP contribution >= 0.6 is 12.4 Å². The second-order valence-corrected chi connectivity index (χ2v) is 2.08. The van der Waals surface area contributed by atoms with Gasteiger partial charge in [0.2, 0.25) is 0 Å². The molecule has 0 aromatic rings. The van der Waals surface area contributed by atoms with Crippen LogP contribution in [0.1, 0.15) is 0 Å². The van der Waals surface area contributed by atoms with Gasteiger partial charge in [-0.05, 0) is 0 Å². The van der Waals surface area contributed by atoms with E-state index < -0.39 is 6.17 Å². The molecule has 0 radical (unpaired) electrons. The molecule has 1 aliphatic heterocycles. The van der Waals surface area contributed by atoms with Gasteiger partial charge in [0, 0.05) is 19.6 Å². The summed E-state index contributed by atoms with van der Waals surface area (Å²) in [6, 6.07) is 0. The summed E-state index contributed by atoms with van der Waals surface area (Å²) in [7, 11) is 0. The molecule has 56 valence electrons. The second-order valence-electron chi connectivity index (χ2n) is 2.08. The molecule has 1 aliphatic rings. The molecule has 1 fully saturated rings. The molecule has 4 heteroatoms. The second kappa shape index (κ2) is 4.04. The molecule has 0 atom stereocenters. The number of alkyl halides is 1. The van der Waals surface area contributed by atoms with Gasteiger partial charge in [0.05, 0.1) is 6.61 Å². The maximum Gasteiger partial charge on any atom is 0.125 e. The molecule has 0 unspecified atom stereocenters. The van der Waals surface area contributed by atoms with E-state index in [0.29, 0.717) is 19.6 Å². The van der Waals surface area contributed by atoms with Crippen LogP contribution < -0.4 is 0 Å². The van der Waals surface area contributed by atoms with E-state index in [-0.39, 0.29) is 19.0 Å². The monoisotopic (exact) mass is 155 g/mol. The van der Waals surface area contributed by atoms with Crippen LogP contribution in [0, 0.1) is 0 Å². The van der Waals surface area contributed by atoms with Gasteiger partial charge in [-0.3, -0.25) is 4.90 Å². The van der Waals surface area contributed by atoms with Crippen molar-refractivity contribution in [3.05, 3.63) is 0 Å². The first-order valence-electron chi connectivity index (χ1n) is 2.80. The standard InChI is InChI=1S/C5H10FNO.ClH/c6-5-3-7(4-5)1-2-8;/h5,8H,1-4H2;1H. The van der Waals surface area contributed by atoms with Gasteiger partial charge in [0.15, 0.2) is 0 Å². The van der Waals surface area contributed by atoms with Gasteiger partial charge in [0.1, 0.15) is 6.17 Å². The van der Waals surface area contributed by atoms with Crippen molar-refractivity contribution in [3.63, 3.8) is 0 Å². The molecule has 0 spiro atoms. The number of aliphatic hydroxyl groups excluding tert-OH is 1. The minimum atomic E-state index is -0.637. The lowest BCUT2D eigenvalue weighted by Crippen LogP contribution is -2.49. The Hall–Kier alpha value is 0.140. The lowest BCUT2D eigenvalue weighted by Gasteiger charge is -2.33. The highest BCUT2D eigenvalue weighted by atomic mass is 35.5. The maximum absolute atomic E-state index is 12.0. The summed E-state index contributed by atoms with van der Waals surface area (Å²) in [5.74, 6) is 0. The average molecular weight is 156 g/mol. The van der Waals surface area contributed by atoms with Gasteiger partial charge in [-0.15, -0.1) is 12.4 Å². The van der Waals surface area contributed by atoms with Gasteiger partial charge in [-0.1, -0.05) is 0 Å². The largest absolute Gasteiger partial charge is 0.395 e. The van der Waals surface area contributed by atoms with Crippen molar-refractivity contribution in [2.75, 3.05) is 26.2 Å². The van der Waals surface area contributed by atoms with Crippen molar-refractivity contribution in [1.82, 2.24) is 4.90 Å². The van der Waals surface area contributed by atoms with Gasteiger partial charge < -0.3 is 5.11 Å². The fourth-order valence-electron chi connectivity index (χ4n) is 0.831. The summed E-state index contributed by atoms with van der Waals surface area (Å²) in [5.41, 5.74) is 0. The van der Waals surface area contributed by atoms with E-state index in [1.54, 1.807) is 0 Å². The quantitative estimate of drug-likeness (QED) is 0.610. The summed E-state index contributed by atoms with van der Waals surface area (Å²) in [6.07, 6.45) is -0.637. The lowest BCUT2D eigenvalue weighted by atomic mass is 10.2. The summed E-state index contributed by atoms with van der Waals surface area (Å²) in [6.45, 7) is 1.80. The predicted octanol–water partition coefficient (Wildman–Crippen LogP) is 0.0542. The molecule has 0 amide bonds. The number of aliphatic hydroxyl groups is 1. The number of likely N-dealkylation sites (tertiary alicyclic amines) is 1. The van der Waals surface area contributed by atoms with Crippen molar-refractivity contribution < 1.29 is 9.50 Å². The summed E-state index contributed by atoms with van der Waals surface area (Å²) < 4.78 is 12.0. The molecular formula is C5H11ClFNO. The normalized spacial score (nSPS) is 20.7. The van der Waals surface area contributed by atoms with Crippen molar-refractivity contribution in [1.29, 1.82) is 0 Å². The fourth-order valence-corrected chi connectivity index (χ4v) is 0.831. The Morgan fingerprint density at radius 1 is 1.56 bits per heavy atom. The molecule has 0 bridgehead atoms. The third-order valence-corrected chi connectivity index (χ3v) is 1.33. The molecule has 1 saturated heterocycles. The van der Waals surface area contributed by atoms with Crippen LogP contribution in [-0.2, 0) is 0 Å². The predicted molar refractivity (Wildman–Crippen MR) is 35.7 cm³/mol. The number of halogens is 2. The summed E-state index contributed by atoms with van der Waals surface area (Å²) in [5, 5.41) is 8.32. The maximum atomic E-state index is 12.0. The molecule has 0 aliphatic carbocycles. The average Bonchev–Trinajstić information content (AvgIpc) is 1.64. The molecule has 0 saturated carbocycles. The Morgan fingerprint density at radius 2 is 2.11 bits per heavy atom. The summed E-state index contributed by atoms with van der Waals surface area (Å²) >= 11 is 0. The number of β-amino-alcohol motifs (C(OH)–C–C–N with tert-alkyl or cyclic N) is 1. The van der Waals surface area contributed by atoms with Crippen molar-refractivity contribution in [2.24, 2.45) is 0 Å². The molecule has 1 rings (SSSR count). The van der Waals surface area contributed by atoms with Crippen LogP contribution in [-0.4, -0.2) is 42.4 Å². The van der Waals surface area contributed by atoms with Crippen molar-refractivity contribution in [3.8, 4) is 0 Å². The van der Waals surface area contributed by atoms with Gasteiger partial charge in [-0.2, -0.15) is 0 Å². The van der Waals surface area contributed by atoms with Crippen molar-refractivity contribution >= 4 is 12.4 Å². The van der Waals surface area contributed by atoms with Crippen LogP contribution in [0.4, 0.5) is 4.39 Å². The first-order valence-corrected chi connectivity index (χ1v) is 2.80. The summed E-state index contributed by atoms with van der Waals surface area (Å²) in [4.78, 5) is 1.88. The molecule has 9 heavy (non-hydrogen) atoms. The topological polar surface area (TPSA) is 23.5 Å². The van der Waals surface area contributed by atoms with Gasteiger partial charge in [-0.25, -0.2) is 4.39 Å². The van der Waals surface area contributed by atoms with E-state index in [1.165, 1.54) is 0 Å². The number of rotatable bonds is 2. The van der Waals surface area contributed by atoms with Crippen LogP contribution in [0.15, 0.2) is 0 Å². The van der Waals surface area contributed by atoms with Crippen LogP contribution in [0.3, 0.4) is 0 Å². The third kappa shape index (κ3) is 2.47. The minimum Gasteiger partial charge on any atom is -0.395 e. The Morgan fingerprint density at radius 3 is 2.44 bits per heavy atom. The molecule has 1 heterocycles. The zero-order chi connectivity index (χ0) is 5.98. The first kappa shape index (κ1) is 9.14. The molecular weight excluding hydrogens is 145 g/mol. The molecule has 0 aromatic carbocycles. The number of hydrogen-bond acceptors (Lipinski definition) is 2. The molecule has 1 N–H and O–H groups in total. The van der Waals surface area contributed by atoms with Crippen LogP contribution in [0.25, 0.3) is 0 Å². The Labute approximate surface area is 60.1 Å². The minimum absolute atomic E-state index is 0. The smallest absolute Gasteiger partial charge is 0.125 e. The SMILES string of the molecule is Cl.OCCN1CC(F)C1. The van der Waals surface area contributed by atoms with Gasteiger partial charge >= 0.3 is 0 Å². The third-order valence-electron chi connectivity index (χ3n) is 1.33. The lowest BCUT2D eigenvalue weighted by molar-refractivity contribution is 0.0507. The Kier molecular flexibility index (Phi) is 4.10. The highest BCUT2D eigenvalue weighted by Crippen LogP contribution is 2.08. The Balaban J connectivity index is 0.000000640. The number of hydrogen-bond donors (Lipinski definition) is 1. The van der Waals surface area contributed by atoms with Gasteiger partial charge in [0.25, 0.3) is 0 Å². The van der Waals surface area contributed by atoms with E-state index >= 15 is 0 Å². The zero-order valence-corrected chi connectivity index (χ0v) is 5.90. The van der Waals surface area contributed by atoms with Crippen LogP contribution in [0.5, 0.6) is 0 Å². The van der Waals surface area contributed by atoms with E-state index in [4.69, 9.17) is 5.11 Å². The highest BCUT2D eigenvalue weighted by Gasteiger charge is 2.24. The fraction of sp³-hybridized carbons (Fsp3) is 1.00. The molecule has 2 nitrogen and oxygen atoms in total. The van der Waals surface area contributed by atoms with E-state index in [2.05, 4.69) is 0 Å². The number of nitrogens with zero attached hydrogens (tertiary/aromatic N) is 1. The Bertz CT molecular complexity index is 74.6. The first-order chi connectivity index (χ1) is 3.83. The zero-order valence-electron chi connectivity index (χ0n) is 5.09. The van der Waals surface area contributed by atoms with Crippen LogP contribution in [0.2, 0.25) is 0 Å². The molecule has 0 aromatic heterocycles. The van der Waals surface area contributed by atoms with E-state index in [0.717, 1.165) is 0 Å². The van der Waals surface area contributed by atoms with E-state index in [1.807, 2.05) is 4.90 Å². The van der Waals surface area contributed by atoms with E-state index in [9.17, 15) is 4.39 Å². The highest BCUT2D eigenvalue weighted by molar-refractivity contribution is 5.85.